The second-order valence-corrected chi connectivity index (χ2v) is 3.38. The predicted molar refractivity (Wildman–Crippen MR) is 52.1 cm³/mol. The maximum atomic E-state index is 5.56. The minimum Gasteiger partial charge on any atom is -0.370 e. The van der Waals surface area contributed by atoms with Crippen molar-refractivity contribution < 1.29 is 0 Å². The number of rotatable bonds is 5. The Kier molecular flexibility index (Phi) is 3.91. The number of hydrogen-bond donors (Lipinski definition) is 2. The van der Waals surface area contributed by atoms with E-state index in [9.17, 15) is 0 Å². The van der Waals surface area contributed by atoms with Crippen LogP contribution in [0.25, 0.3) is 0 Å². The van der Waals surface area contributed by atoms with Gasteiger partial charge in [0.25, 0.3) is 0 Å². The summed E-state index contributed by atoms with van der Waals surface area (Å²) in [6.45, 7) is 3.76. The fourth-order valence-electron chi connectivity index (χ4n) is 1.22. The van der Waals surface area contributed by atoms with Gasteiger partial charge in [-0.3, -0.25) is 4.99 Å². The Hall–Kier alpha value is -0.730. The number of nitrogens with zero attached hydrogens (tertiary/aromatic N) is 1. The second-order valence-electron chi connectivity index (χ2n) is 3.38. The largest absolute Gasteiger partial charge is 0.370 e. The lowest BCUT2D eigenvalue weighted by Gasteiger charge is -2.00. The summed E-state index contributed by atoms with van der Waals surface area (Å²) < 4.78 is 0. The number of guanidine groups is 1. The fourth-order valence-corrected chi connectivity index (χ4v) is 1.22. The minimum atomic E-state index is 0.591. The normalized spacial score (nSPS) is 17.9. The molecule has 12 heavy (non-hydrogen) atoms. The van der Waals surface area contributed by atoms with E-state index in [1.54, 1.807) is 0 Å². The molecule has 0 aromatic heterocycles. The highest BCUT2D eigenvalue weighted by atomic mass is 15.1. The van der Waals surface area contributed by atoms with Crippen molar-refractivity contribution >= 4 is 5.96 Å². The van der Waals surface area contributed by atoms with Gasteiger partial charge in [0.05, 0.1) is 0 Å². The highest BCUT2D eigenvalue weighted by Crippen LogP contribution is 2.33. The molecule has 1 fully saturated rings. The molecule has 0 atom stereocenters. The minimum absolute atomic E-state index is 0.591. The van der Waals surface area contributed by atoms with Gasteiger partial charge in [-0.2, -0.15) is 0 Å². The Bertz CT molecular complexity index is 150. The topological polar surface area (TPSA) is 50.4 Å². The third-order valence-electron chi connectivity index (χ3n) is 2.11. The van der Waals surface area contributed by atoms with E-state index in [2.05, 4.69) is 10.3 Å². The van der Waals surface area contributed by atoms with Crippen LogP contribution in [-0.4, -0.2) is 19.0 Å². The van der Waals surface area contributed by atoms with Crippen LogP contribution in [0.4, 0.5) is 0 Å². The molecule has 1 saturated carbocycles. The number of nitrogens with two attached hydrogens (primary N) is 1. The standard InChI is InChI=1S/C9H19N3/c1-2-11-9(10)12-7-3-4-8-5-6-8/h8H,2-7H2,1H3,(H3,10,11,12). The molecule has 0 heterocycles. The van der Waals surface area contributed by atoms with Gasteiger partial charge < -0.3 is 11.1 Å². The molecule has 0 spiro atoms. The molecule has 0 aromatic carbocycles. The lowest BCUT2D eigenvalue weighted by atomic mass is 10.2. The third-order valence-corrected chi connectivity index (χ3v) is 2.11. The van der Waals surface area contributed by atoms with Crippen LogP contribution in [0.5, 0.6) is 0 Å². The van der Waals surface area contributed by atoms with Crippen LogP contribution in [0.15, 0.2) is 4.99 Å². The van der Waals surface area contributed by atoms with Crippen LogP contribution in [0.1, 0.15) is 32.6 Å². The summed E-state index contributed by atoms with van der Waals surface area (Å²) in [5, 5.41) is 2.98. The van der Waals surface area contributed by atoms with Gasteiger partial charge in [0, 0.05) is 13.1 Å². The van der Waals surface area contributed by atoms with Gasteiger partial charge in [0.15, 0.2) is 5.96 Å². The van der Waals surface area contributed by atoms with E-state index in [0.717, 1.165) is 19.0 Å². The summed E-state index contributed by atoms with van der Waals surface area (Å²) in [6, 6.07) is 0. The number of aliphatic imine (C=N–C) groups is 1. The lowest BCUT2D eigenvalue weighted by Crippen LogP contribution is -2.31. The first kappa shape index (κ1) is 9.36. The van der Waals surface area contributed by atoms with Crippen LogP contribution in [-0.2, 0) is 0 Å². The molecular weight excluding hydrogens is 150 g/mol. The van der Waals surface area contributed by atoms with Crippen molar-refractivity contribution in [1.29, 1.82) is 0 Å². The van der Waals surface area contributed by atoms with E-state index >= 15 is 0 Å². The van der Waals surface area contributed by atoms with Crippen molar-refractivity contribution in [1.82, 2.24) is 5.32 Å². The molecule has 1 aliphatic carbocycles. The summed E-state index contributed by atoms with van der Waals surface area (Å²) in [5.74, 6) is 1.61. The summed E-state index contributed by atoms with van der Waals surface area (Å²) in [6.07, 6.45) is 5.40. The maximum Gasteiger partial charge on any atom is 0.188 e. The Morgan fingerprint density at radius 1 is 1.58 bits per heavy atom. The molecule has 0 unspecified atom stereocenters. The van der Waals surface area contributed by atoms with E-state index in [4.69, 9.17) is 5.73 Å². The maximum absolute atomic E-state index is 5.56. The first-order valence-corrected chi connectivity index (χ1v) is 4.86. The Balaban J connectivity index is 1.94. The lowest BCUT2D eigenvalue weighted by molar-refractivity contribution is 0.674. The molecule has 0 radical (unpaired) electrons. The first-order valence-electron chi connectivity index (χ1n) is 4.86. The van der Waals surface area contributed by atoms with E-state index in [0.29, 0.717) is 5.96 Å². The summed E-state index contributed by atoms with van der Waals surface area (Å²) >= 11 is 0. The van der Waals surface area contributed by atoms with E-state index in [-0.39, 0.29) is 0 Å². The van der Waals surface area contributed by atoms with Gasteiger partial charge in [-0.05, 0) is 25.7 Å². The number of nitrogens with one attached hydrogen (secondary N) is 1. The highest BCUT2D eigenvalue weighted by Gasteiger charge is 2.19. The Morgan fingerprint density at radius 3 is 2.92 bits per heavy atom. The molecule has 1 rings (SSSR count). The number of hydrogen-bond acceptors (Lipinski definition) is 1. The SMILES string of the molecule is CCNC(N)=NCCCC1CC1. The monoisotopic (exact) mass is 169 g/mol. The van der Waals surface area contributed by atoms with Gasteiger partial charge in [0.1, 0.15) is 0 Å². The molecule has 0 amide bonds. The van der Waals surface area contributed by atoms with Crippen LogP contribution < -0.4 is 11.1 Å². The summed E-state index contributed by atoms with van der Waals surface area (Å²) in [4.78, 5) is 4.20. The van der Waals surface area contributed by atoms with Gasteiger partial charge in [-0.15, -0.1) is 0 Å². The highest BCUT2D eigenvalue weighted by molar-refractivity contribution is 5.77. The van der Waals surface area contributed by atoms with Crippen LogP contribution in [0, 0.1) is 5.92 Å². The molecule has 0 aromatic rings. The van der Waals surface area contributed by atoms with Crippen molar-refractivity contribution in [3.05, 3.63) is 0 Å². The molecule has 1 aliphatic rings. The fraction of sp³-hybridized carbons (Fsp3) is 0.889. The summed E-state index contributed by atoms with van der Waals surface area (Å²) in [5.41, 5.74) is 5.56. The van der Waals surface area contributed by atoms with Gasteiger partial charge in [0.2, 0.25) is 0 Å². The third kappa shape index (κ3) is 4.21. The van der Waals surface area contributed by atoms with Crippen molar-refractivity contribution in [3.8, 4) is 0 Å². The van der Waals surface area contributed by atoms with Gasteiger partial charge in [-0.1, -0.05) is 12.8 Å². The quantitative estimate of drug-likeness (QED) is 0.368. The van der Waals surface area contributed by atoms with E-state index in [1.165, 1.54) is 25.7 Å². The molecule has 0 aliphatic heterocycles. The zero-order chi connectivity index (χ0) is 8.81. The second kappa shape index (κ2) is 5.01. The summed E-state index contributed by atoms with van der Waals surface area (Å²) in [7, 11) is 0. The molecule has 0 bridgehead atoms. The molecule has 70 valence electrons. The van der Waals surface area contributed by atoms with Crippen LogP contribution >= 0.6 is 0 Å². The van der Waals surface area contributed by atoms with Gasteiger partial charge in [-0.25, -0.2) is 0 Å². The molecular formula is C9H19N3. The van der Waals surface area contributed by atoms with E-state index < -0.39 is 0 Å². The van der Waals surface area contributed by atoms with Crippen molar-refractivity contribution in [2.75, 3.05) is 13.1 Å². The molecule has 0 saturated heterocycles. The Morgan fingerprint density at radius 2 is 2.33 bits per heavy atom. The average molecular weight is 169 g/mol. The zero-order valence-electron chi connectivity index (χ0n) is 7.84. The molecule has 3 nitrogen and oxygen atoms in total. The van der Waals surface area contributed by atoms with Crippen LogP contribution in [0.2, 0.25) is 0 Å². The van der Waals surface area contributed by atoms with Crippen LogP contribution in [0.3, 0.4) is 0 Å². The van der Waals surface area contributed by atoms with Crippen molar-refractivity contribution in [3.63, 3.8) is 0 Å². The van der Waals surface area contributed by atoms with Gasteiger partial charge >= 0.3 is 0 Å². The molecule has 3 N–H and O–H groups in total. The predicted octanol–water partition coefficient (Wildman–Crippen LogP) is 1.10. The zero-order valence-corrected chi connectivity index (χ0v) is 7.84. The molecule has 3 heteroatoms. The first-order chi connectivity index (χ1) is 5.83. The van der Waals surface area contributed by atoms with E-state index in [1.807, 2.05) is 6.92 Å². The van der Waals surface area contributed by atoms with Crippen molar-refractivity contribution in [2.45, 2.75) is 32.6 Å². The Labute approximate surface area is 74.4 Å². The van der Waals surface area contributed by atoms with Crippen molar-refractivity contribution in [2.24, 2.45) is 16.6 Å². The average Bonchev–Trinajstić information content (AvgIpc) is 2.82. The smallest absolute Gasteiger partial charge is 0.188 e.